The van der Waals surface area contributed by atoms with Gasteiger partial charge in [-0.05, 0) is 30.5 Å². The highest BCUT2D eigenvalue weighted by molar-refractivity contribution is 5.89. The molecule has 0 saturated heterocycles. The fraction of sp³-hybridized carbons (Fsp3) is 0.500. The van der Waals surface area contributed by atoms with E-state index in [1.54, 1.807) is 12.1 Å². The lowest BCUT2D eigenvalue weighted by atomic mass is 10.1. The Kier molecular flexibility index (Phi) is 5.16. The molecule has 0 aliphatic rings. The minimum absolute atomic E-state index is 0.232. The van der Waals surface area contributed by atoms with Gasteiger partial charge in [0, 0.05) is 0 Å². The van der Waals surface area contributed by atoms with Crippen molar-refractivity contribution < 1.29 is 14.3 Å². The molecule has 1 aromatic rings. The van der Waals surface area contributed by atoms with Crippen LogP contribution in [0.1, 0.15) is 36.7 Å². The highest BCUT2D eigenvalue weighted by Crippen LogP contribution is 2.11. The lowest BCUT2D eigenvalue weighted by Crippen LogP contribution is -2.15. The summed E-state index contributed by atoms with van der Waals surface area (Å²) in [4.78, 5) is 11.2. The van der Waals surface area contributed by atoms with Crippen molar-refractivity contribution in [1.29, 1.82) is 0 Å². The van der Waals surface area contributed by atoms with Gasteiger partial charge < -0.3 is 9.47 Å². The fourth-order valence-corrected chi connectivity index (χ4v) is 1.28. The van der Waals surface area contributed by atoms with Crippen LogP contribution in [-0.4, -0.2) is 19.2 Å². The Morgan fingerprint density at radius 3 is 2.24 bits per heavy atom. The second-order valence-electron chi connectivity index (χ2n) is 4.45. The summed E-state index contributed by atoms with van der Waals surface area (Å²) in [5.41, 5.74) is 1.62. The summed E-state index contributed by atoms with van der Waals surface area (Å²) >= 11 is 0. The normalized spacial score (nSPS) is 12.5. The van der Waals surface area contributed by atoms with Crippen molar-refractivity contribution >= 4 is 5.97 Å². The first-order valence-corrected chi connectivity index (χ1v) is 5.83. The Morgan fingerprint density at radius 2 is 1.76 bits per heavy atom. The van der Waals surface area contributed by atoms with Crippen LogP contribution in [0.25, 0.3) is 0 Å². The molecule has 3 heteroatoms. The summed E-state index contributed by atoms with van der Waals surface area (Å²) < 4.78 is 10.3. The maximum absolute atomic E-state index is 11.2. The first-order chi connectivity index (χ1) is 8.04. The van der Waals surface area contributed by atoms with Crippen molar-refractivity contribution in [3.05, 3.63) is 35.4 Å². The van der Waals surface area contributed by atoms with Crippen LogP contribution in [0.15, 0.2) is 24.3 Å². The smallest absolute Gasteiger partial charge is 0.337 e. The Labute approximate surface area is 103 Å². The second kappa shape index (κ2) is 6.40. The maximum atomic E-state index is 11.2. The number of methoxy groups -OCH3 is 1. The molecule has 0 spiro atoms. The third-order valence-corrected chi connectivity index (χ3v) is 2.83. The lowest BCUT2D eigenvalue weighted by Gasteiger charge is -2.16. The van der Waals surface area contributed by atoms with Gasteiger partial charge in [0.05, 0.1) is 25.4 Å². The molecule has 0 heterocycles. The van der Waals surface area contributed by atoms with Crippen molar-refractivity contribution in [2.24, 2.45) is 5.92 Å². The Hall–Kier alpha value is -1.35. The zero-order valence-electron chi connectivity index (χ0n) is 10.9. The van der Waals surface area contributed by atoms with Crippen LogP contribution >= 0.6 is 0 Å². The van der Waals surface area contributed by atoms with Crippen LogP contribution in [0.4, 0.5) is 0 Å². The molecule has 1 unspecified atom stereocenters. The second-order valence-corrected chi connectivity index (χ2v) is 4.45. The molecule has 0 aliphatic carbocycles. The lowest BCUT2D eigenvalue weighted by molar-refractivity contribution is 0.0235. The van der Waals surface area contributed by atoms with Crippen LogP contribution in [0, 0.1) is 5.92 Å². The SMILES string of the molecule is COC(=O)c1ccc(COC(C)C(C)C)cc1. The van der Waals surface area contributed by atoms with Crippen molar-refractivity contribution in [3.8, 4) is 0 Å². The molecule has 0 aliphatic heterocycles. The van der Waals surface area contributed by atoms with E-state index in [0.29, 0.717) is 18.1 Å². The van der Waals surface area contributed by atoms with Gasteiger partial charge in [0.1, 0.15) is 0 Å². The van der Waals surface area contributed by atoms with Crippen LogP contribution in [-0.2, 0) is 16.1 Å². The zero-order chi connectivity index (χ0) is 12.8. The van der Waals surface area contributed by atoms with Gasteiger partial charge in [0.25, 0.3) is 0 Å². The molecular formula is C14H20O3. The zero-order valence-corrected chi connectivity index (χ0v) is 10.9. The minimum atomic E-state index is -0.312. The molecule has 0 amide bonds. The van der Waals surface area contributed by atoms with Crippen molar-refractivity contribution in [2.45, 2.75) is 33.5 Å². The molecule has 94 valence electrons. The fourth-order valence-electron chi connectivity index (χ4n) is 1.28. The summed E-state index contributed by atoms with van der Waals surface area (Å²) in [6, 6.07) is 7.29. The number of hydrogen-bond donors (Lipinski definition) is 0. The van der Waals surface area contributed by atoms with Crippen LogP contribution < -0.4 is 0 Å². The molecule has 17 heavy (non-hydrogen) atoms. The van der Waals surface area contributed by atoms with E-state index in [2.05, 4.69) is 25.5 Å². The topological polar surface area (TPSA) is 35.5 Å². The first-order valence-electron chi connectivity index (χ1n) is 5.83. The number of esters is 1. The van der Waals surface area contributed by atoms with Gasteiger partial charge in [-0.3, -0.25) is 0 Å². The Morgan fingerprint density at radius 1 is 1.18 bits per heavy atom. The largest absolute Gasteiger partial charge is 0.465 e. The van der Waals surface area contributed by atoms with E-state index in [1.807, 2.05) is 12.1 Å². The van der Waals surface area contributed by atoms with E-state index in [9.17, 15) is 4.79 Å². The van der Waals surface area contributed by atoms with E-state index in [4.69, 9.17) is 4.74 Å². The van der Waals surface area contributed by atoms with Crippen LogP contribution in [0.5, 0.6) is 0 Å². The van der Waals surface area contributed by atoms with Crippen molar-refractivity contribution in [1.82, 2.24) is 0 Å². The molecule has 1 rings (SSSR count). The number of ether oxygens (including phenoxy) is 2. The average Bonchev–Trinajstić information content (AvgIpc) is 2.35. The van der Waals surface area contributed by atoms with E-state index < -0.39 is 0 Å². The van der Waals surface area contributed by atoms with Gasteiger partial charge in [-0.25, -0.2) is 4.79 Å². The number of carbonyl (C=O) groups is 1. The Bertz CT molecular complexity index is 354. The molecule has 1 atom stereocenters. The van der Waals surface area contributed by atoms with E-state index >= 15 is 0 Å². The van der Waals surface area contributed by atoms with Crippen molar-refractivity contribution in [2.75, 3.05) is 7.11 Å². The number of rotatable bonds is 5. The standard InChI is InChI=1S/C14H20O3/c1-10(2)11(3)17-9-12-5-7-13(8-6-12)14(15)16-4/h5-8,10-11H,9H2,1-4H3. The third kappa shape index (κ3) is 4.19. The molecular weight excluding hydrogens is 216 g/mol. The van der Waals surface area contributed by atoms with Gasteiger partial charge in [-0.2, -0.15) is 0 Å². The van der Waals surface area contributed by atoms with Gasteiger partial charge in [0.2, 0.25) is 0 Å². The average molecular weight is 236 g/mol. The number of benzene rings is 1. The van der Waals surface area contributed by atoms with E-state index in [1.165, 1.54) is 7.11 Å². The van der Waals surface area contributed by atoms with Gasteiger partial charge in [0.15, 0.2) is 0 Å². The number of carbonyl (C=O) groups excluding carboxylic acids is 1. The summed E-state index contributed by atoms with van der Waals surface area (Å²) in [6.07, 6.45) is 0.232. The molecule has 0 radical (unpaired) electrons. The predicted octanol–water partition coefficient (Wildman–Crippen LogP) is 3.03. The van der Waals surface area contributed by atoms with Crippen LogP contribution in [0.2, 0.25) is 0 Å². The van der Waals surface area contributed by atoms with Gasteiger partial charge >= 0.3 is 5.97 Å². The van der Waals surface area contributed by atoms with E-state index in [0.717, 1.165) is 5.56 Å². The monoisotopic (exact) mass is 236 g/mol. The molecule has 0 bridgehead atoms. The van der Waals surface area contributed by atoms with Crippen molar-refractivity contribution in [3.63, 3.8) is 0 Å². The maximum Gasteiger partial charge on any atom is 0.337 e. The molecule has 0 saturated carbocycles. The van der Waals surface area contributed by atoms with Crippen LogP contribution in [0.3, 0.4) is 0 Å². The third-order valence-electron chi connectivity index (χ3n) is 2.83. The predicted molar refractivity (Wildman–Crippen MR) is 66.9 cm³/mol. The quantitative estimate of drug-likeness (QED) is 0.737. The highest BCUT2D eigenvalue weighted by Gasteiger charge is 2.08. The summed E-state index contributed by atoms with van der Waals surface area (Å²) in [5, 5.41) is 0. The summed E-state index contributed by atoms with van der Waals surface area (Å²) in [5.74, 6) is 0.192. The van der Waals surface area contributed by atoms with Gasteiger partial charge in [-0.1, -0.05) is 26.0 Å². The molecule has 0 fully saturated rings. The Balaban J connectivity index is 2.54. The van der Waals surface area contributed by atoms with E-state index in [-0.39, 0.29) is 12.1 Å². The minimum Gasteiger partial charge on any atom is -0.465 e. The summed E-state index contributed by atoms with van der Waals surface area (Å²) in [6.45, 7) is 6.89. The molecule has 0 N–H and O–H groups in total. The van der Waals surface area contributed by atoms with Gasteiger partial charge in [-0.15, -0.1) is 0 Å². The highest BCUT2D eigenvalue weighted by atomic mass is 16.5. The summed E-state index contributed by atoms with van der Waals surface area (Å²) in [7, 11) is 1.38. The molecule has 0 aromatic heterocycles. The number of hydrogen-bond acceptors (Lipinski definition) is 3. The first kappa shape index (κ1) is 13.7. The molecule has 1 aromatic carbocycles. The molecule has 3 nitrogen and oxygen atoms in total.